The Morgan fingerprint density at radius 2 is 2.10 bits per heavy atom. The molecular weight excluding hydrogens is 297 g/mol. The number of benzene rings is 1. The summed E-state index contributed by atoms with van der Waals surface area (Å²) in [6.07, 6.45) is 0. The van der Waals surface area contributed by atoms with Gasteiger partial charge in [-0.1, -0.05) is 6.92 Å². The van der Waals surface area contributed by atoms with Gasteiger partial charge in [0.05, 0.1) is 4.90 Å². The molecule has 0 saturated heterocycles. The lowest BCUT2D eigenvalue weighted by atomic mass is 10.2. The van der Waals surface area contributed by atoms with E-state index < -0.39 is 21.8 Å². The zero-order chi connectivity index (χ0) is 16.2. The van der Waals surface area contributed by atoms with Gasteiger partial charge < -0.3 is 11.1 Å². The standard InChI is InChI=1S/C13H20FN3O3S/c1-9(13(18)16-2)8-17(3)21(19,20)11-4-5-12(14)10(6-11)7-15/h4-6,9H,7-8,15H2,1-3H3,(H,16,18). The van der Waals surface area contributed by atoms with Gasteiger partial charge in [-0.2, -0.15) is 0 Å². The van der Waals surface area contributed by atoms with Crippen LogP contribution in [0.5, 0.6) is 0 Å². The Hall–Kier alpha value is -1.51. The molecule has 6 nitrogen and oxygen atoms in total. The number of halogens is 1. The summed E-state index contributed by atoms with van der Waals surface area (Å²) in [4.78, 5) is 11.4. The second-order valence-electron chi connectivity index (χ2n) is 4.76. The summed E-state index contributed by atoms with van der Waals surface area (Å²) < 4.78 is 39.2. The number of hydrogen-bond donors (Lipinski definition) is 2. The maximum Gasteiger partial charge on any atom is 0.242 e. The van der Waals surface area contributed by atoms with Crippen molar-refractivity contribution in [3.8, 4) is 0 Å². The molecule has 21 heavy (non-hydrogen) atoms. The van der Waals surface area contributed by atoms with Crippen LogP contribution in [0.25, 0.3) is 0 Å². The molecular formula is C13H20FN3O3S. The average Bonchev–Trinajstić information content (AvgIpc) is 2.46. The van der Waals surface area contributed by atoms with Crippen LogP contribution >= 0.6 is 0 Å². The highest BCUT2D eigenvalue weighted by molar-refractivity contribution is 7.89. The van der Waals surface area contributed by atoms with Crippen molar-refractivity contribution in [3.05, 3.63) is 29.6 Å². The van der Waals surface area contributed by atoms with Crippen LogP contribution in [-0.2, 0) is 21.4 Å². The van der Waals surface area contributed by atoms with Gasteiger partial charge in [0.25, 0.3) is 0 Å². The first-order valence-electron chi connectivity index (χ1n) is 6.40. The van der Waals surface area contributed by atoms with Crippen molar-refractivity contribution < 1.29 is 17.6 Å². The van der Waals surface area contributed by atoms with E-state index in [1.165, 1.54) is 26.2 Å². The third-order valence-electron chi connectivity index (χ3n) is 3.17. The fraction of sp³-hybridized carbons (Fsp3) is 0.462. The number of nitrogens with zero attached hydrogens (tertiary/aromatic N) is 1. The van der Waals surface area contributed by atoms with E-state index in [4.69, 9.17) is 5.73 Å². The fourth-order valence-corrected chi connectivity index (χ4v) is 3.17. The first-order valence-corrected chi connectivity index (χ1v) is 7.84. The van der Waals surface area contributed by atoms with Gasteiger partial charge in [0.15, 0.2) is 0 Å². The number of carbonyl (C=O) groups is 1. The Morgan fingerprint density at radius 3 is 2.62 bits per heavy atom. The predicted molar refractivity (Wildman–Crippen MR) is 77.3 cm³/mol. The SMILES string of the molecule is CNC(=O)C(C)CN(C)S(=O)(=O)c1ccc(F)c(CN)c1. The van der Waals surface area contributed by atoms with Crippen LogP contribution in [0.1, 0.15) is 12.5 Å². The molecule has 0 spiro atoms. The Kier molecular flexibility index (Phi) is 5.82. The van der Waals surface area contributed by atoms with Crippen LogP contribution < -0.4 is 11.1 Å². The number of amides is 1. The van der Waals surface area contributed by atoms with E-state index >= 15 is 0 Å². The summed E-state index contributed by atoms with van der Waals surface area (Å²) in [5.41, 5.74) is 5.50. The lowest BCUT2D eigenvalue weighted by Gasteiger charge is -2.20. The summed E-state index contributed by atoms with van der Waals surface area (Å²) in [7, 11) is -0.932. The fourth-order valence-electron chi connectivity index (χ4n) is 1.86. The molecule has 0 saturated carbocycles. The molecule has 0 radical (unpaired) electrons. The molecule has 1 aromatic rings. The lowest BCUT2D eigenvalue weighted by molar-refractivity contribution is -0.124. The highest BCUT2D eigenvalue weighted by Crippen LogP contribution is 2.19. The lowest BCUT2D eigenvalue weighted by Crippen LogP contribution is -2.37. The average molecular weight is 317 g/mol. The van der Waals surface area contributed by atoms with Crippen molar-refractivity contribution in [2.24, 2.45) is 11.7 Å². The third kappa shape index (κ3) is 3.99. The van der Waals surface area contributed by atoms with Crippen LogP contribution in [0.3, 0.4) is 0 Å². The molecule has 1 amide bonds. The van der Waals surface area contributed by atoms with Crippen molar-refractivity contribution in [2.75, 3.05) is 20.6 Å². The van der Waals surface area contributed by atoms with Gasteiger partial charge in [-0.05, 0) is 18.2 Å². The zero-order valence-corrected chi connectivity index (χ0v) is 13.1. The van der Waals surface area contributed by atoms with Gasteiger partial charge >= 0.3 is 0 Å². The predicted octanol–water partition coefficient (Wildman–Crippen LogP) is 0.287. The summed E-state index contributed by atoms with van der Waals surface area (Å²) in [6, 6.07) is 3.47. The quantitative estimate of drug-likeness (QED) is 0.788. The van der Waals surface area contributed by atoms with E-state index in [-0.39, 0.29) is 29.5 Å². The minimum Gasteiger partial charge on any atom is -0.359 e. The van der Waals surface area contributed by atoms with Gasteiger partial charge in [-0.3, -0.25) is 4.79 Å². The maximum atomic E-state index is 13.4. The molecule has 0 heterocycles. The number of rotatable bonds is 6. The molecule has 1 atom stereocenters. The Bertz CT molecular complexity index is 619. The highest BCUT2D eigenvalue weighted by Gasteiger charge is 2.25. The van der Waals surface area contributed by atoms with E-state index in [1.54, 1.807) is 6.92 Å². The maximum absolute atomic E-state index is 13.4. The van der Waals surface area contributed by atoms with Crippen molar-refractivity contribution >= 4 is 15.9 Å². The number of hydrogen-bond acceptors (Lipinski definition) is 4. The summed E-state index contributed by atoms with van der Waals surface area (Å²) in [5, 5.41) is 2.46. The second-order valence-corrected chi connectivity index (χ2v) is 6.80. The first kappa shape index (κ1) is 17.5. The van der Waals surface area contributed by atoms with Gasteiger partial charge in [-0.25, -0.2) is 17.1 Å². The summed E-state index contributed by atoms with van der Waals surface area (Å²) >= 11 is 0. The van der Waals surface area contributed by atoms with Crippen molar-refractivity contribution in [1.29, 1.82) is 0 Å². The normalized spacial score (nSPS) is 13.2. The molecule has 0 aromatic heterocycles. The van der Waals surface area contributed by atoms with Crippen LogP contribution in [0, 0.1) is 11.7 Å². The number of nitrogens with one attached hydrogen (secondary N) is 1. The van der Waals surface area contributed by atoms with Crippen molar-refractivity contribution in [2.45, 2.75) is 18.4 Å². The van der Waals surface area contributed by atoms with Gasteiger partial charge in [0, 0.05) is 38.7 Å². The van der Waals surface area contributed by atoms with Gasteiger partial charge in [-0.15, -0.1) is 0 Å². The number of carbonyl (C=O) groups excluding carboxylic acids is 1. The Labute approximate surface area is 124 Å². The zero-order valence-electron chi connectivity index (χ0n) is 12.3. The molecule has 0 fully saturated rings. The monoisotopic (exact) mass is 317 g/mol. The molecule has 0 bridgehead atoms. The van der Waals surface area contributed by atoms with E-state index in [0.29, 0.717) is 0 Å². The molecule has 0 aliphatic carbocycles. The van der Waals surface area contributed by atoms with Crippen LogP contribution in [0.15, 0.2) is 23.1 Å². The van der Waals surface area contributed by atoms with Crippen molar-refractivity contribution in [1.82, 2.24) is 9.62 Å². The molecule has 0 aliphatic rings. The Balaban J connectivity index is 3.02. The van der Waals surface area contributed by atoms with Gasteiger partial charge in [0.2, 0.25) is 15.9 Å². The smallest absolute Gasteiger partial charge is 0.242 e. The van der Waals surface area contributed by atoms with E-state index in [1.807, 2.05) is 0 Å². The summed E-state index contributed by atoms with van der Waals surface area (Å²) in [5.74, 6) is -1.29. The molecule has 8 heteroatoms. The minimum absolute atomic E-state index is 0.0251. The van der Waals surface area contributed by atoms with Crippen molar-refractivity contribution in [3.63, 3.8) is 0 Å². The van der Waals surface area contributed by atoms with Crippen LogP contribution in [-0.4, -0.2) is 39.3 Å². The molecule has 1 aromatic carbocycles. The Morgan fingerprint density at radius 1 is 1.48 bits per heavy atom. The molecule has 1 rings (SSSR count). The highest BCUT2D eigenvalue weighted by atomic mass is 32.2. The summed E-state index contributed by atoms with van der Waals surface area (Å²) in [6.45, 7) is 1.56. The largest absolute Gasteiger partial charge is 0.359 e. The van der Waals surface area contributed by atoms with E-state index in [0.717, 1.165) is 10.4 Å². The number of nitrogens with two attached hydrogens (primary N) is 1. The topological polar surface area (TPSA) is 92.5 Å². The second kappa shape index (κ2) is 6.97. The molecule has 118 valence electrons. The van der Waals surface area contributed by atoms with E-state index in [2.05, 4.69) is 5.32 Å². The molecule has 1 unspecified atom stereocenters. The van der Waals surface area contributed by atoms with Crippen LogP contribution in [0.4, 0.5) is 4.39 Å². The first-order chi connectivity index (χ1) is 9.73. The van der Waals surface area contributed by atoms with Gasteiger partial charge in [0.1, 0.15) is 5.82 Å². The minimum atomic E-state index is -3.79. The third-order valence-corrected chi connectivity index (χ3v) is 4.99. The van der Waals surface area contributed by atoms with E-state index in [9.17, 15) is 17.6 Å². The molecule has 3 N–H and O–H groups in total. The number of sulfonamides is 1. The molecule has 0 aliphatic heterocycles. The van der Waals surface area contributed by atoms with Crippen LogP contribution in [0.2, 0.25) is 0 Å².